The first kappa shape index (κ1) is 34.0. The summed E-state index contributed by atoms with van der Waals surface area (Å²) in [5.41, 5.74) is 0. The van der Waals surface area contributed by atoms with Gasteiger partial charge in [-0.15, -0.1) is 0 Å². The van der Waals surface area contributed by atoms with E-state index in [0.717, 1.165) is 13.8 Å². The van der Waals surface area contributed by atoms with Crippen molar-refractivity contribution >= 4 is 56.2 Å². The zero-order valence-electron chi connectivity index (χ0n) is 19.3. The van der Waals surface area contributed by atoms with Gasteiger partial charge in [0.1, 0.15) is 23.5 Å². The number of carboxylic acids is 2. The summed E-state index contributed by atoms with van der Waals surface area (Å²) in [6.45, 7) is 6.88. The summed E-state index contributed by atoms with van der Waals surface area (Å²) in [4.78, 5) is 59.5. The van der Waals surface area contributed by atoms with Crippen molar-refractivity contribution in [3.63, 3.8) is 0 Å². The van der Waals surface area contributed by atoms with E-state index in [1.165, 1.54) is 44.9 Å². The van der Waals surface area contributed by atoms with Crippen molar-refractivity contribution in [2.75, 3.05) is 0 Å². The number of hydrogen-bond acceptors (Lipinski definition) is 8. The van der Waals surface area contributed by atoms with Gasteiger partial charge in [0.05, 0.1) is 12.8 Å². The molecule has 0 aromatic carbocycles. The monoisotopic (exact) mass is 548 g/mol. The van der Waals surface area contributed by atoms with E-state index in [0.29, 0.717) is 0 Å². The molecule has 9 heteroatoms. The number of carboxylic acid groups (broad SMARTS) is 2. The average Bonchev–Trinajstić information content (AvgIpc) is 2.66. The van der Waals surface area contributed by atoms with Crippen molar-refractivity contribution in [3.8, 4) is 0 Å². The zero-order chi connectivity index (χ0) is 24.7. The number of aliphatic carboxylic acids is 2. The maximum atomic E-state index is 10.1. The fourth-order valence-corrected chi connectivity index (χ4v) is 5.92. The fourth-order valence-electron chi connectivity index (χ4n) is 2.05. The van der Waals surface area contributed by atoms with Gasteiger partial charge in [0.2, 0.25) is 0 Å². The normalized spacial score (nSPS) is 9.16. The Morgan fingerprint density at radius 2 is 0.935 bits per heavy atom. The SMILES string of the molecule is CC(=O)CC(=O)C(=O)[O-].CC(=O)CC(=O)C(=O)[O-].CCCCCCC[CH2][Sn+2][CH2]CCC. The molecule has 0 aromatic heterocycles. The Kier molecular flexibility index (Phi) is 27.1. The number of unbranched alkanes of at least 4 members (excludes halogenated alkanes) is 6. The van der Waals surface area contributed by atoms with E-state index in [1.807, 2.05) is 0 Å². The van der Waals surface area contributed by atoms with Crippen LogP contribution in [0.1, 0.15) is 91.9 Å². The van der Waals surface area contributed by atoms with Crippen molar-refractivity contribution in [1.82, 2.24) is 0 Å². The standard InChI is InChI=1S/C8H17.2C5H6O4.C4H9.Sn/c1-3-5-7-8-6-4-2;2*1-3(6)2-4(7)5(8)9;1-3-4-2;/h1,3-8H2,2H3;2*2H2,1H3,(H,8,9);1,3-4H2,2H3;/q;;;;+2/p-2. The van der Waals surface area contributed by atoms with Gasteiger partial charge in [-0.05, 0) is 13.8 Å². The number of carbonyl (C=O) groups is 6. The van der Waals surface area contributed by atoms with Crippen LogP contribution in [-0.2, 0) is 28.8 Å². The van der Waals surface area contributed by atoms with Crippen LogP contribution in [-0.4, -0.2) is 56.2 Å². The van der Waals surface area contributed by atoms with Gasteiger partial charge in [-0.1, -0.05) is 0 Å². The van der Waals surface area contributed by atoms with Gasteiger partial charge < -0.3 is 19.8 Å². The first-order chi connectivity index (χ1) is 14.5. The Morgan fingerprint density at radius 3 is 1.26 bits per heavy atom. The second-order valence-electron chi connectivity index (χ2n) is 7.05. The van der Waals surface area contributed by atoms with Gasteiger partial charge in [0.25, 0.3) is 0 Å². The van der Waals surface area contributed by atoms with E-state index in [-0.39, 0.29) is 21.1 Å². The molecular formula is C22H36O8Sn. The minimum absolute atomic E-state index is 0.112. The second-order valence-corrected chi connectivity index (χ2v) is 11.3. The van der Waals surface area contributed by atoms with Gasteiger partial charge in [0, 0.05) is 0 Å². The van der Waals surface area contributed by atoms with E-state index in [1.54, 1.807) is 15.3 Å². The van der Waals surface area contributed by atoms with Crippen LogP contribution in [0.25, 0.3) is 0 Å². The summed E-state index contributed by atoms with van der Waals surface area (Å²) in [7, 11) is 0. The predicted octanol–water partition coefficient (Wildman–Crippen LogP) is 1.26. The Hall–Kier alpha value is -1.58. The van der Waals surface area contributed by atoms with Gasteiger partial charge in [0.15, 0.2) is 11.6 Å². The first-order valence-electron chi connectivity index (χ1n) is 10.7. The molecule has 0 amide bonds. The van der Waals surface area contributed by atoms with Crippen LogP contribution in [0.3, 0.4) is 0 Å². The molecule has 0 spiro atoms. The zero-order valence-corrected chi connectivity index (χ0v) is 22.1. The molecule has 0 aliphatic rings. The van der Waals surface area contributed by atoms with Gasteiger partial charge in [-0.2, -0.15) is 0 Å². The predicted molar refractivity (Wildman–Crippen MR) is 114 cm³/mol. The van der Waals surface area contributed by atoms with Crippen molar-refractivity contribution in [2.24, 2.45) is 0 Å². The molecular weight excluding hydrogens is 511 g/mol. The van der Waals surface area contributed by atoms with Crippen LogP contribution in [0.2, 0.25) is 8.87 Å². The summed E-state index contributed by atoms with van der Waals surface area (Å²) in [6, 6.07) is 0. The number of ketones is 4. The molecule has 31 heavy (non-hydrogen) atoms. The Bertz CT molecular complexity index is 510. The topological polar surface area (TPSA) is 149 Å². The van der Waals surface area contributed by atoms with Crippen LogP contribution < -0.4 is 10.2 Å². The molecule has 0 rings (SSSR count). The number of hydrogen-bond donors (Lipinski definition) is 0. The van der Waals surface area contributed by atoms with E-state index in [2.05, 4.69) is 13.8 Å². The number of carbonyl (C=O) groups excluding carboxylic acids is 6. The molecule has 0 N–H and O–H groups in total. The third kappa shape index (κ3) is 33.3. The molecule has 176 valence electrons. The van der Waals surface area contributed by atoms with Crippen LogP contribution in [0, 0.1) is 0 Å². The van der Waals surface area contributed by atoms with Crippen LogP contribution in [0.15, 0.2) is 0 Å². The first-order valence-corrected chi connectivity index (χ1v) is 14.7. The second kappa shape index (κ2) is 24.7. The van der Waals surface area contributed by atoms with E-state index < -0.39 is 47.9 Å². The Morgan fingerprint density at radius 1 is 0.581 bits per heavy atom. The minimum atomic E-state index is -1.80. The third-order valence-corrected chi connectivity index (χ3v) is 7.72. The molecule has 0 unspecified atom stereocenters. The van der Waals surface area contributed by atoms with E-state index >= 15 is 0 Å². The average molecular weight is 547 g/mol. The quantitative estimate of drug-likeness (QED) is 0.121. The summed E-state index contributed by atoms with van der Waals surface area (Å²) < 4.78 is 3.28. The molecule has 8 nitrogen and oxygen atoms in total. The summed E-state index contributed by atoms with van der Waals surface area (Å²) >= 11 is 0.112. The molecule has 0 saturated carbocycles. The molecule has 0 saturated heterocycles. The summed E-state index contributed by atoms with van der Waals surface area (Å²) in [5.74, 6) is -6.87. The summed E-state index contributed by atoms with van der Waals surface area (Å²) in [5, 5.41) is 19.2. The number of rotatable bonds is 16. The molecule has 0 atom stereocenters. The third-order valence-electron chi connectivity index (χ3n) is 3.69. The van der Waals surface area contributed by atoms with Gasteiger partial charge in [-0.3, -0.25) is 19.2 Å². The van der Waals surface area contributed by atoms with Crippen LogP contribution in [0.5, 0.6) is 0 Å². The van der Waals surface area contributed by atoms with Crippen molar-refractivity contribution in [2.45, 2.75) is 101 Å². The van der Waals surface area contributed by atoms with E-state index in [4.69, 9.17) is 0 Å². The molecule has 0 heterocycles. The Balaban J connectivity index is -0.000000390. The molecule has 0 bridgehead atoms. The van der Waals surface area contributed by atoms with Crippen molar-refractivity contribution in [1.29, 1.82) is 0 Å². The van der Waals surface area contributed by atoms with Crippen molar-refractivity contribution < 1.29 is 39.0 Å². The molecule has 0 radical (unpaired) electrons. The Labute approximate surface area is 195 Å². The van der Waals surface area contributed by atoms with E-state index in [9.17, 15) is 39.0 Å². The van der Waals surface area contributed by atoms with Crippen molar-refractivity contribution in [3.05, 3.63) is 0 Å². The molecule has 0 fully saturated rings. The maximum absolute atomic E-state index is 10.1. The van der Waals surface area contributed by atoms with Gasteiger partial charge in [-0.25, -0.2) is 0 Å². The molecule has 0 aromatic rings. The summed E-state index contributed by atoms with van der Waals surface area (Å²) in [6.07, 6.45) is 10.7. The fraction of sp³-hybridized carbons (Fsp3) is 0.727. The van der Waals surface area contributed by atoms with Crippen LogP contribution in [0.4, 0.5) is 0 Å². The van der Waals surface area contributed by atoms with Crippen LogP contribution >= 0.6 is 0 Å². The molecule has 0 aliphatic carbocycles. The number of Topliss-reactive ketones (excluding diaryl/α,β-unsaturated/α-hetero) is 4. The molecule has 0 aliphatic heterocycles. The van der Waals surface area contributed by atoms with Gasteiger partial charge >= 0.3 is 95.2 Å².